The van der Waals surface area contributed by atoms with Crippen LogP contribution in [0, 0.1) is 0 Å². The Labute approximate surface area is 144 Å². The summed E-state index contributed by atoms with van der Waals surface area (Å²) in [6.07, 6.45) is 3.88. The number of nitrogens with zero attached hydrogens (tertiary/aromatic N) is 1. The summed E-state index contributed by atoms with van der Waals surface area (Å²) < 4.78 is 30.6. The minimum atomic E-state index is -3.95. The predicted octanol–water partition coefficient (Wildman–Crippen LogP) is 3.78. The van der Waals surface area contributed by atoms with Gasteiger partial charge in [0.1, 0.15) is 5.75 Å². The molecule has 0 saturated carbocycles. The molecule has 0 saturated heterocycles. The first-order valence-corrected chi connectivity index (χ1v) is 10.3. The fourth-order valence-electron chi connectivity index (χ4n) is 1.79. The van der Waals surface area contributed by atoms with Crippen LogP contribution in [0.3, 0.4) is 0 Å². The molecule has 0 spiro atoms. The second-order valence-corrected chi connectivity index (χ2v) is 9.19. The van der Waals surface area contributed by atoms with E-state index in [-0.39, 0.29) is 4.90 Å². The third kappa shape index (κ3) is 5.11. The molecule has 5 nitrogen and oxygen atoms in total. The highest BCUT2D eigenvalue weighted by molar-refractivity contribution is 8.00. The van der Waals surface area contributed by atoms with E-state index >= 15 is 0 Å². The van der Waals surface area contributed by atoms with Gasteiger partial charge in [0, 0.05) is 4.75 Å². The lowest BCUT2D eigenvalue weighted by atomic mass is 10.1. The van der Waals surface area contributed by atoms with Crippen molar-refractivity contribution in [2.75, 3.05) is 12.9 Å². The largest absolute Gasteiger partial charge is 0.494 e. The van der Waals surface area contributed by atoms with Crippen molar-refractivity contribution in [1.29, 1.82) is 0 Å². The highest BCUT2D eigenvalue weighted by Gasteiger charge is 2.36. The van der Waals surface area contributed by atoms with Crippen molar-refractivity contribution in [2.45, 2.75) is 56.2 Å². The molecule has 1 rings (SSSR count). The Hall–Kier alpha value is -0.760. The molecule has 23 heavy (non-hydrogen) atoms. The molecular weight excluding hydrogens is 334 g/mol. The van der Waals surface area contributed by atoms with Gasteiger partial charge in [-0.3, -0.25) is 5.21 Å². The van der Waals surface area contributed by atoms with Crippen LogP contribution in [0.2, 0.25) is 0 Å². The first-order chi connectivity index (χ1) is 10.7. The van der Waals surface area contributed by atoms with Gasteiger partial charge in [0.25, 0.3) is 10.0 Å². The number of hydrogen-bond donors (Lipinski definition) is 1. The Morgan fingerprint density at radius 1 is 1.30 bits per heavy atom. The van der Waals surface area contributed by atoms with E-state index in [0.29, 0.717) is 16.8 Å². The van der Waals surface area contributed by atoms with Crippen LogP contribution >= 0.6 is 11.8 Å². The lowest BCUT2D eigenvalue weighted by Crippen LogP contribution is -2.46. The Kier molecular flexibility index (Phi) is 7.38. The van der Waals surface area contributed by atoms with E-state index in [1.165, 1.54) is 23.9 Å². The molecule has 0 bridgehead atoms. The van der Waals surface area contributed by atoms with Crippen molar-refractivity contribution in [3.63, 3.8) is 0 Å². The third-order valence-electron chi connectivity index (χ3n) is 4.00. The Morgan fingerprint density at radius 3 is 2.35 bits per heavy atom. The van der Waals surface area contributed by atoms with E-state index in [1.54, 1.807) is 19.1 Å². The van der Waals surface area contributed by atoms with E-state index in [4.69, 9.17) is 4.74 Å². The number of ether oxygens (including phenoxy) is 1. The van der Waals surface area contributed by atoms with Crippen molar-refractivity contribution >= 4 is 21.8 Å². The smallest absolute Gasteiger partial charge is 0.265 e. The van der Waals surface area contributed by atoms with Gasteiger partial charge in [0.15, 0.2) is 0 Å². The molecule has 0 aliphatic carbocycles. The number of rotatable bonds is 9. The number of sulfonamides is 1. The normalized spacial score (nSPS) is 14.0. The summed E-state index contributed by atoms with van der Waals surface area (Å²) in [5, 5.41) is 10.2. The van der Waals surface area contributed by atoms with Gasteiger partial charge in [-0.15, -0.1) is 0 Å². The topological polar surface area (TPSA) is 66.8 Å². The zero-order valence-corrected chi connectivity index (χ0v) is 16.1. The molecule has 0 fully saturated rings. The van der Waals surface area contributed by atoms with Gasteiger partial charge in [0.2, 0.25) is 0 Å². The molecule has 1 atom stereocenters. The van der Waals surface area contributed by atoms with Crippen molar-refractivity contribution < 1.29 is 18.4 Å². The number of unbranched alkanes of at least 4 members (excludes halogenated alkanes) is 1. The average Bonchev–Trinajstić information content (AvgIpc) is 2.54. The van der Waals surface area contributed by atoms with Crippen LogP contribution in [-0.2, 0) is 10.0 Å². The fraction of sp³-hybridized carbons (Fsp3) is 0.625. The second kappa shape index (κ2) is 8.37. The minimum Gasteiger partial charge on any atom is -0.494 e. The van der Waals surface area contributed by atoms with Gasteiger partial charge >= 0.3 is 0 Å². The molecule has 1 N–H and O–H groups in total. The van der Waals surface area contributed by atoms with Crippen LogP contribution in [0.15, 0.2) is 29.2 Å². The molecule has 7 heteroatoms. The van der Waals surface area contributed by atoms with E-state index in [1.807, 2.05) is 20.1 Å². The molecular formula is C16H27NO4S2. The number of hydrogen-bond acceptors (Lipinski definition) is 5. The first kappa shape index (κ1) is 20.3. The summed E-state index contributed by atoms with van der Waals surface area (Å²) in [6, 6.07) is 5.57. The summed E-state index contributed by atoms with van der Waals surface area (Å²) in [6.45, 7) is 8.16. The van der Waals surface area contributed by atoms with Gasteiger partial charge in [-0.05, 0) is 57.7 Å². The quantitative estimate of drug-likeness (QED) is 0.535. The summed E-state index contributed by atoms with van der Waals surface area (Å²) >= 11 is 1.50. The lowest BCUT2D eigenvalue weighted by Gasteiger charge is -2.34. The lowest BCUT2D eigenvalue weighted by molar-refractivity contribution is -0.0384. The summed E-state index contributed by atoms with van der Waals surface area (Å²) in [4.78, 5) is 0.0478. The summed E-state index contributed by atoms with van der Waals surface area (Å²) in [5.41, 5.74) is 0. The molecule has 0 aliphatic heterocycles. The van der Waals surface area contributed by atoms with Crippen molar-refractivity contribution in [3.8, 4) is 5.75 Å². The van der Waals surface area contributed by atoms with Crippen molar-refractivity contribution in [2.24, 2.45) is 0 Å². The van der Waals surface area contributed by atoms with Crippen LogP contribution in [0.25, 0.3) is 0 Å². The van der Waals surface area contributed by atoms with Crippen LogP contribution < -0.4 is 4.74 Å². The zero-order valence-electron chi connectivity index (χ0n) is 14.4. The average molecular weight is 362 g/mol. The van der Waals surface area contributed by atoms with Crippen LogP contribution in [0.5, 0.6) is 5.75 Å². The molecule has 0 radical (unpaired) electrons. The molecule has 1 aromatic carbocycles. The predicted molar refractivity (Wildman–Crippen MR) is 94.7 cm³/mol. The van der Waals surface area contributed by atoms with Crippen molar-refractivity contribution in [1.82, 2.24) is 4.47 Å². The fourth-order valence-corrected chi connectivity index (χ4v) is 3.68. The molecule has 0 heterocycles. The molecule has 1 unspecified atom stereocenters. The molecule has 132 valence electrons. The number of hydroxylamine groups is 1. The minimum absolute atomic E-state index is 0.0478. The van der Waals surface area contributed by atoms with E-state index in [0.717, 1.165) is 12.8 Å². The third-order valence-corrected chi connectivity index (χ3v) is 7.07. The maximum atomic E-state index is 12.5. The van der Waals surface area contributed by atoms with Gasteiger partial charge in [0.05, 0.1) is 17.5 Å². The Morgan fingerprint density at radius 2 is 1.87 bits per heavy atom. The van der Waals surface area contributed by atoms with Gasteiger partial charge in [-0.1, -0.05) is 17.8 Å². The van der Waals surface area contributed by atoms with Crippen LogP contribution in [0.4, 0.5) is 0 Å². The number of thioether (sulfide) groups is 1. The van der Waals surface area contributed by atoms with Gasteiger partial charge < -0.3 is 4.74 Å². The van der Waals surface area contributed by atoms with Gasteiger partial charge in [-0.25, -0.2) is 8.42 Å². The molecule has 1 aromatic rings. The van der Waals surface area contributed by atoms with E-state index < -0.39 is 20.8 Å². The highest BCUT2D eigenvalue weighted by Crippen LogP contribution is 2.31. The number of benzene rings is 1. The molecule has 0 aliphatic rings. The van der Waals surface area contributed by atoms with E-state index in [2.05, 4.69) is 6.92 Å². The Bertz CT molecular complexity index is 585. The first-order valence-electron chi connectivity index (χ1n) is 7.68. The summed E-state index contributed by atoms with van der Waals surface area (Å²) in [5.74, 6) is 0.624. The van der Waals surface area contributed by atoms with Crippen molar-refractivity contribution in [3.05, 3.63) is 24.3 Å². The zero-order chi connectivity index (χ0) is 17.7. The summed E-state index contributed by atoms with van der Waals surface area (Å²) in [7, 11) is -3.95. The monoisotopic (exact) mass is 361 g/mol. The highest BCUT2D eigenvalue weighted by atomic mass is 32.2. The molecule has 0 amide bonds. The van der Waals surface area contributed by atoms with E-state index in [9.17, 15) is 13.6 Å². The maximum absolute atomic E-state index is 12.5. The Balaban J connectivity index is 2.91. The maximum Gasteiger partial charge on any atom is 0.265 e. The SMILES string of the molecule is CCCCOc1ccc(S(=O)(=O)N(O)C(C)C(C)(C)SC)cc1. The molecule has 0 aromatic heterocycles. The standard InChI is InChI=1S/C16H27NO4S2/c1-6-7-12-21-14-8-10-15(11-9-14)23(19,20)17(18)13(2)16(3,4)22-5/h8-11,13,18H,6-7,12H2,1-5H3. The van der Waals surface area contributed by atoms with Crippen LogP contribution in [-0.4, -0.2) is 41.7 Å². The van der Waals surface area contributed by atoms with Gasteiger partial charge in [-0.2, -0.15) is 11.8 Å². The second-order valence-electron chi connectivity index (χ2n) is 5.93. The van der Waals surface area contributed by atoms with Crippen LogP contribution in [0.1, 0.15) is 40.5 Å².